The zero-order valence-electron chi connectivity index (χ0n) is 12.6. The first-order valence-electron chi connectivity index (χ1n) is 6.73. The maximum atomic E-state index is 12.1. The van der Waals surface area contributed by atoms with Crippen LogP contribution in [0.3, 0.4) is 0 Å². The summed E-state index contributed by atoms with van der Waals surface area (Å²) < 4.78 is 5.42. The predicted molar refractivity (Wildman–Crippen MR) is 84.1 cm³/mol. The Hall–Kier alpha value is -1.87. The van der Waals surface area contributed by atoms with E-state index >= 15 is 0 Å². The lowest BCUT2D eigenvalue weighted by Gasteiger charge is -2.20. The van der Waals surface area contributed by atoms with Crippen molar-refractivity contribution in [3.05, 3.63) is 58.4 Å². The zero-order valence-corrected chi connectivity index (χ0v) is 13.4. The molecule has 0 amide bonds. The molecule has 0 N–H and O–H groups in total. The van der Waals surface area contributed by atoms with Crippen LogP contribution in [0.25, 0.3) is 0 Å². The van der Waals surface area contributed by atoms with Crippen molar-refractivity contribution in [2.75, 3.05) is 0 Å². The van der Waals surface area contributed by atoms with Gasteiger partial charge in [0, 0.05) is 6.20 Å². The van der Waals surface area contributed by atoms with Gasteiger partial charge < -0.3 is 4.74 Å². The van der Waals surface area contributed by atoms with Crippen LogP contribution in [0.4, 0.5) is 0 Å². The number of hydrogen-bond acceptors (Lipinski definition) is 3. The van der Waals surface area contributed by atoms with E-state index in [1.165, 1.54) is 11.8 Å². The molecule has 21 heavy (non-hydrogen) atoms. The van der Waals surface area contributed by atoms with Gasteiger partial charge >= 0.3 is 5.97 Å². The second-order valence-corrected chi connectivity index (χ2v) is 6.32. The molecule has 0 spiro atoms. The van der Waals surface area contributed by atoms with E-state index in [0.29, 0.717) is 5.75 Å². The van der Waals surface area contributed by atoms with Crippen molar-refractivity contribution in [2.45, 2.75) is 33.1 Å². The third kappa shape index (κ3) is 3.61. The molecule has 110 valence electrons. The van der Waals surface area contributed by atoms with Gasteiger partial charge in [0.05, 0.1) is 5.56 Å². The Morgan fingerprint density at radius 1 is 1.24 bits per heavy atom. The van der Waals surface area contributed by atoms with Crippen LogP contribution in [-0.4, -0.2) is 11.0 Å². The van der Waals surface area contributed by atoms with Crippen LogP contribution in [0.1, 0.15) is 42.3 Å². The van der Waals surface area contributed by atoms with E-state index in [-0.39, 0.29) is 16.1 Å². The molecule has 0 saturated heterocycles. The van der Waals surface area contributed by atoms with Crippen LogP contribution in [0.15, 0.2) is 36.5 Å². The van der Waals surface area contributed by atoms with Gasteiger partial charge in [0.25, 0.3) is 0 Å². The number of aromatic nitrogens is 1. The number of pyridine rings is 1. The van der Waals surface area contributed by atoms with Crippen molar-refractivity contribution in [1.82, 2.24) is 4.98 Å². The number of ether oxygens (including phenoxy) is 1. The minimum atomic E-state index is -0.500. The Labute approximate surface area is 129 Å². The summed E-state index contributed by atoms with van der Waals surface area (Å²) in [5.74, 6) is 0.0348. The summed E-state index contributed by atoms with van der Waals surface area (Å²) in [6.07, 6.45) is 1.53. The van der Waals surface area contributed by atoms with Crippen molar-refractivity contribution in [3.8, 4) is 5.75 Å². The summed E-state index contributed by atoms with van der Waals surface area (Å²) in [6.45, 7) is 8.34. The fourth-order valence-corrected chi connectivity index (χ4v) is 2.12. The Bertz CT molecular complexity index is 675. The van der Waals surface area contributed by atoms with Gasteiger partial charge in [-0.2, -0.15) is 0 Å². The Kier molecular flexibility index (Phi) is 4.33. The van der Waals surface area contributed by atoms with Crippen LogP contribution in [0.5, 0.6) is 5.75 Å². The molecular weight excluding hydrogens is 286 g/mol. The molecule has 1 heterocycles. The lowest BCUT2D eigenvalue weighted by Crippen LogP contribution is -2.13. The molecule has 0 atom stereocenters. The maximum absolute atomic E-state index is 12.1. The summed E-state index contributed by atoms with van der Waals surface area (Å²) in [5.41, 5.74) is 2.42. The third-order valence-corrected chi connectivity index (χ3v) is 3.52. The van der Waals surface area contributed by atoms with Crippen molar-refractivity contribution in [2.24, 2.45) is 0 Å². The first-order chi connectivity index (χ1) is 9.79. The number of halogens is 1. The van der Waals surface area contributed by atoms with Crippen LogP contribution in [0.2, 0.25) is 5.15 Å². The Balaban J connectivity index is 2.25. The van der Waals surface area contributed by atoms with E-state index < -0.39 is 5.97 Å². The number of esters is 1. The number of rotatable bonds is 2. The topological polar surface area (TPSA) is 39.2 Å². The van der Waals surface area contributed by atoms with E-state index in [4.69, 9.17) is 16.3 Å². The monoisotopic (exact) mass is 303 g/mol. The number of carbonyl (C=O) groups is 1. The van der Waals surface area contributed by atoms with Crippen molar-refractivity contribution < 1.29 is 9.53 Å². The molecule has 0 unspecified atom stereocenters. The van der Waals surface area contributed by atoms with Crippen LogP contribution < -0.4 is 4.74 Å². The van der Waals surface area contributed by atoms with Crippen molar-refractivity contribution in [1.29, 1.82) is 0 Å². The van der Waals surface area contributed by atoms with Gasteiger partial charge in [0.1, 0.15) is 10.9 Å². The van der Waals surface area contributed by atoms with Crippen molar-refractivity contribution >= 4 is 17.6 Å². The van der Waals surface area contributed by atoms with Crippen molar-refractivity contribution in [3.63, 3.8) is 0 Å². The molecule has 0 bridgehead atoms. The molecule has 0 saturated carbocycles. The molecular formula is C17H18ClNO2. The number of hydrogen-bond donors (Lipinski definition) is 0. The molecule has 3 nitrogen and oxygen atoms in total. The van der Waals surface area contributed by atoms with Gasteiger partial charge in [-0.1, -0.05) is 44.5 Å². The molecule has 0 aliphatic heterocycles. The number of aryl methyl sites for hydroxylation is 1. The van der Waals surface area contributed by atoms with Gasteiger partial charge in [-0.05, 0) is 41.7 Å². The number of benzene rings is 1. The molecule has 0 radical (unpaired) electrons. The van der Waals surface area contributed by atoms with Crippen LogP contribution >= 0.6 is 11.6 Å². The van der Waals surface area contributed by atoms with Gasteiger partial charge in [0.2, 0.25) is 0 Å². The highest BCUT2D eigenvalue weighted by Gasteiger charge is 2.17. The standard InChI is InChI=1S/C17H18ClNO2/c1-11-10-12(17(2,3)4)7-8-14(11)21-16(20)13-6-5-9-19-15(13)18/h5-10H,1-4H3. The average molecular weight is 304 g/mol. The summed E-state index contributed by atoms with van der Waals surface area (Å²) in [7, 11) is 0. The second-order valence-electron chi connectivity index (χ2n) is 5.96. The van der Waals surface area contributed by atoms with E-state index in [1.54, 1.807) is 12.1 Å². The third-order valence-electron chi connectivity index (χ3n) is 3.22. The van der Waals surface area contributed by atoms with E-state index in [9.17, 15) is 4.79 Å². The van der Waals surface area contributed by atoms with E-state index in [2.05, 4.69) is 25.8 Å². The zero-order chi connectivity index (χ0) is 15.6. The normalized spacial score (nSPS) is 11.3. The molecule has 1 aromatic carbocycles. The van der Waals surface area contributed by atoms with Gasteiger partial charge in [-0.3, -0.25) is 0 Å². The first kappa shape index (κ1) is 15.5. The number of carbonyl (C=O) groups excluding carboxylic acids is 1. The smallest absolute Gasteiger partial charge is 0.346 e. The summed E-state index contributed by atoms with van der Waals surface area (Å²) >= 11 is 5.90. The fourth-order valence-electron chi connectivity index (χ4n) is 1.92. The minimum absolute atomic E-state index is 0.0555. The summed E-state index contributed by atoms with van der Waals surface area (Å²) in [4.78, 5) is 16.0. The second kappa shape index (κ2) is 5.86. The predicted octanol–water partition coefficient (Wildman–Crippen LogP) is 4.56. The van der Waals surface area contributed by atoms with E-state index in [1.807, 2.05) is 25.1 Å². The minimum Gasteiger partial charge on any atom is -0.423 e. The lowest BCUT2D eigenvalue weighted by molar-refractivity contribution is 0.0733. The van der Waals surface area contributed by atoms with Gasteiger partial charge in [-0.15, -0.1) is 0 Å². The maximum Gasteiger partial charge on any atom is 0.346 e. The Morgan fingerprint density at radius 2 is 1.95 bits per heavy atom. The lowest BCUT2D eigenvalue weighted by atomic mass is 9.86. The highest BCUT2D eigenvalue weighted by atomic mass is 35.5. The quantitative estimate of drug-likeness (QED) is 0.464. The molecule has 0 fully saturated rings. The van der Waals surface area contributed by atoms with Crippen LogP contribution in [0, 0.1) is 6.92 Å². The largest absolute Gasteiger partial charge is 0.423 e. The van der Waals surface area contributed by atoms with Crippen LogP contribution in [-0.2, 0) is 5.41 Å². The molecule has 0 aliphatic rings. The Morgan fingerprint density at radius 3 is 2.52 bits per heavy atom. The van der Waals surface area contributed by atoms with Gasteiger partial charge in [0.15, 0.2) is 0 Å². The average Bonchev–Trinajstić information content (AvgIpc) is 2.40. The number of nitrogens with zero attached hydrogens (tertiary/aromatic N) is 1. The highest BCUT2D eigenvalue weighted by molar-refractivity contribution is 6.32. The SMILES string of the molecule is Cc1cc(C(C)(C)C)ccc1OC(=O)c1cccnc1Cl. The molecule has 4 heteroatoms. The molecule has 2 aromatic rings. The summed E-state index contributed by atoms with van der Waals surface area (Å²) in [6, 6.07) is 9.07. The van der Waals surface area contributed by atoms with E-state index in [0.717, 1.165) is 5.56 Å². The van der Waals surface area contributed by atoms with Gasteiger partial charge in [-0.25, -0.2) is 9.78 Å². The fraction of sp³-hybridized carbons (Fsp3) is 0.294. The molecule has 0 aliphatic carbocycles. The summed E-state index contributed by atoms with van der Waals surface area (Å²) in [5, 5.41) is 0.145. The molecule has 1 aromatic heterocycles. The highest BCUT2D eigenvalue weighted by Crippen LogP contribution is 2.28. The first-order valence-corrected chi connectivity index (χ1v) is 7.10. The molecule has 2 rings (SSSR count).